The molecule has 0 saturated heterocycles. The van der Waals surface area contributed by atoms with Gasteiger partial charge in [0.1, 0.15) is 0 Å². The highest BCUT2D eigenvalue weighted by Gasteiger charge is 2.25. The average Bonchev–Trinajstić information content (AvgIpc) is 2.34. The lowest BCUT2D eigenvalue weighted by Crippen LogP contribution is -2.26. The first-order valence-electron chi connectivity index (χ1n) is 7.01. The Labute approximate surface area is 116 Å². The first kappa shape index (κ1) is 13.9. The Morgan fingerprint density at radius 3 is 2.33 bits per heavy atom. The first-order valence-corrected chi connectivity index (χ1v) is 7.39. The van der Waals surface area contributed by atoms with Crippen LogP contribution < -0.4 is 5.73 Å². The van der Waals surface area contributed by atoms with Crippen LogP contribution in [0.4, 0.5) is 0 Å². The quantitative estimate of drug-likeness (QED) is 0.818. The number of benzene rings is 1. The molecule has 2 N–H and O–H groups in total. The summed E-state index contributed by atoms with van der Waals surface area (Å²) < 4.78 is 0. The topological polar surface area (TPSA) is 26.0 Å². The van der Waals surface area contributed by atoms with Gasteiger partial charge >= 0.3 is 0 Å². The predicted octanol–water partition coefficient (Wildman–Crippen LogP) is 4.78. The highest BCUT2D eigenvalue weighted by molar-refractivity contribution is 6.31. The lowest BCUT2D eigenvalue weighted by molar-refractivity contribution is 0.255. The van der Waals surface area contributed by atoms with E-state index in [0.717, 1.165) is 16.5 Å². The summed E-state index contributed by atoms with van der Waals surface area (Å²) in [6.45, 7) is 6.52. The van der Waals surface area contributed by atoms with Crippen molar-refractivity contribution in [3.63, 3.8) is 0 Å². The van der Waals surface area contributed by atoms with Crippen LogP contribution in [0.25, 0.3) is 0 Å². The highest BCUT2D eigenvalue weighted by atomic mass is 35.5. The van der Waals surface area contributed by atoms with Gasteiger partial charge in [-0.05, 0) is 61.3 Å². The summed E-state index contributed by atoms with van der Waals surface area (Å²) in [5.74, 6) is 1.52. The molecule has 1 fully saturated rings. The van der Waals surface area contributed by atoms with Crippen molar-refractivity contribution < 1.29 is 0 Å². The second kappa shape index (κ2) is 5.63. The van der Waals surface area contributed by atoms with Gasteiger partial charge in [-0.3, -0.25) is 0 Å². The Bertz CT molecular complexity index is 419. The fourth-order valence-corrected chi connectivity index (χ4v) is 3.28. The second-order valence-electron chi connectivity index (χ2n) is 6.00. The standard InChI is InChI=1S/C16H24ClN/c1-10-4-6-13(7-5-10)16(18)14-8-12(3)15(17)9-11(14)2/h8-10,13,16H,4-7,18H2,1-3H3. The summed E-state index contributed by atoms with van der Waals surface area (Å²) in [5, 5.41) is 0.848. The van der Waals surface area contributed by atoms with Crippen molar-refractivity contribution in [2.24, 2.45) is 17.6 Å². The number of rotatable bonds is 2. The molecular weight excluding hydrogens is 242 g/mol. The van der Waals surface area contributed by atoms with Crippen molar-refractivity contribution in [1.29, 1.82) is 0 Å². The van der Waals surface area contributed by atoms with Crippen LogP contribution in [-0.2, 0) is 0 Å². The zero-order valence-corrected chi connectivity index (χ0v) is 12.4. The van der Waals surface area contributed by atoms with Crippen LogP contribution in [0.2, 0.25) is 5.02 Å². The van der Waals surface area contributed by atoms with Crippen LogP contribution in [0.5, 0.6) is 0 Å². The minimum atomic E-state index is 0.175. The molecule has 1 aromatic rings. The van der Waals surface area contributed by atoms with Gasteiger partial charge in [-0.1, -0.05) is 37.4 Å². The van der Waals surface area contributed by atoms with E-state index in [2.05, 4.69) is 32.9 Å². The van der Waals surface area contributed by atoms with Crippen molar-refractivity contribution in [3.05, 3.63) is 33.8 Å². The summed E-state index contributed by atoms with van der Waals surface area (Å²) in [4.78, 5) is 0. The molecule has 0 spiro atoms. The summed E-state index contributed by atoms with van der Waals surface area (Å²) in [7, 11) is 0. The Morgan fingerprint density at radius 2 is 1.72 bits per heavy atom. The maximum atomic E-state index is 6.49. The maximum absolute atomic E-state index is 6.49. The van der Waals surface area contributed by atoms with E-state index in [1.54, 1.807) is 0 Å². The largest absolute Gasteiger partial charge is 0.324 e. The minimum absolute atomic E-state index is 0.175. The van der Waals surface area contributed by atoms with E-state index in [1.165, 1.54) is 36.8 Å². The van der Waals surface area contributed by atoms with Gasteiger partial charge in [-0.2, -0.15) is 0 Å². The zero-order chi connectivity index (χ0) is 13.3. The zero-order valence-electron chi connectivity index (χ0n) is 11.7. The molecule has 1 aromatic carbocycles. The Morgan fingerprint density at radius 1 is 1.11 bits per heavy atom. The lowest BCUT2D eigenvalue weighted by atomic mass is 9.77. The monoisotopic (exact) mass is 265 g/mol. The van der Waals surface area contributed by atoms with E-state index < -0.39 is 0 Å². The maximum Gasteiger partial charge on any atom is 0.0438 e. The SMILES string of the molecule is Cc1cc(C(N)C2CCC(C)CC2)c(C)cc1Cl. The Balaban J connectivity index is 2.18. The third kappa shape index (κ3) is 2.89. The number of aryl methyl sites for hydroxylation is 2. The van der Waals surface area contributed by atoms with Crippen LogP contribution in [0.3, 0.4) is 0 Å². The van der Waals surface area contributed by atoms with E-state index in [1.807, 2.05) is 0 Å². The van der Waals surface area contributed by atoms with Gasteiger partial charge in [-0.15, -0.1) is 0 Å². The van der Waals surface area contributed by atoms with E-state index >= 15 is 0 Å². The Kier molecular flexibility index (Phi) is 4.34. The molecule has 1 saturated carbocycles. The van der Waals surface area contributed by atoms with Crippen molar-refractivity contribution in [1.82, 2.24) is 0 Å². The van der Waals surface area contributed by atoms with Crippen LogP contribution in [0.1, 0.15) is 55.3 Å². The molecule has 1 unspecified atom stereocenters. The molecule has 0 aliphatic heterocycles. The fraction of sp³-hybridized carbons (Fsp3) is 0.625. The number of hydrogen-bond donors (Lipinski definition) is 1. The van der Waals surface area contributed by atoms with Crippen molar-refractivity contribution in [2.75, 3.05) is 0 Å². The molecule has 18 heavy (non-hydrogen) atoms. The molecule has 0 radical (unpaired) electrons. The van der Waals surface area contributed by atoms with Crippen LogP contribution in [0, 0.1) is 25.7 Å². The Hall–Kier alpha value is -0.530. The third-order valence-electron chi connectivity index (χ3n) is 4.47. The molecule has 1 atom stereocenters. The van der Waals surface area contributed by atoms with Crippen LogP contribution in [-0.4, -0.2) is 0 Å². The number of halogens is 1. The summed E-state index contributed by atoms with van der Waals surface area (Å²) >= 11 is 6.15. The normalized spacial score (nSPS) is 26.1. The highest BCUT2D eigenvalue weighted by Crippen LogP contribution is 2.37. The van der Waals surface area contributed by atoms with Gasteiger partial charge < -0.3 is 5.73 Å². The van der Waals surface area contributed by atoms with Crippen molar-refractivity contribution in [2.45, 2.75) is 52.5 Å². The van der Waals surface area contributed by atoms with E-state index in [4.69, 9.17) is 17.3 Å². The van der Waals surface area contributed by atoms with E-state index in [9.17, 15) is 0 Å². The van der Waals surface area contributed by atoms with Gasteiger partial charge in [0.25, 0.3) is 0 Å². The van der Waals surface area contributed by atoms with E-state index in [0.29, 0.717) is 5.92 Å². The molecule has 0 bridgehead atoms. The van der Waals surface area contributed by atoms with Gasteiger partial charge in [0, 0.05) is 11.1 Å². The van der Waals surface area contributed by atoms with E-state index in [-0.39, 0.29) is 6.04 Å². The van der Waals surface area contributed by atoms with Crippen LogP contribution in [0.15, 0.2) is 12.1 Å². The molecule has 1 aliphatic rings. The predicted molar refractivity (Wildman–Crippen MR) is 79.0 cm³/mol. The van der Waals surface area contributed by atoms with Gasteiger partial charge in [0.15, 0.2) is 0 Å². The summed E-state index contributed by atoms with van der Waals surface area (Å²) in [6.07, 6.45) is 5.18. The molecule has 2 rings (SSSR count). The fourth-order valence-electron chi connectivity index (χ4n) is 3.06. The third-order valence-corrected chi connectivity index (χ3v) is 4.88. The smallest absolute Gasteiger partial charge is 0.0438 e. The minimum Gasteiger partial charge on any atom is -0.324 e. The van der Waals surface area contributed by atoms with Gasteiger partial charge in [0.05, 0.1) is 0 Å². The summed E-state index contributed by atoms with van der Waals surface area (Å²) in [5.41, 5.74) is 10.1. The molecule has 1 aliphatic carbocycles. The van der Waals surface area contributed by atoms with Gasteiger partial charge in [0.2, 0.25) is 0 Å². The van der Waals surface area contributed by atoms with Gasteiger partial charge in [-0.25, -0.2) is 0 Å². The average molecular weight is 266 g/mol. The molecule has 0 heterocycles. The number of nitrogens with two attached hydrogens (primary N) is 1. The molecule has 0 amide bonds. The van der Waals surface area contributed by atoms with Crippen molar-refractivity contribution >= 4 is 11.6 Å². The second-order valence-corrected chi connectivity index (χ2v) is 6.41. The van der Waals surface area contributed by atoms with Crippen LogP contribution >= 0.6 is 11.6 Å². The first-order chi connectivity index (χ1) is 8.49. The molecule has 0 aromatic heterocycles. The molecule has 1 nitrogen and oxygen atoms in total. The van der Waals surface area contributed by atoms with Crippen molar-refractivity contribution in [3.8, 4) is 0 Å². The molecule has 100 valence electrons. The molecule has 2 heteroatoms. The lowest BCUT2D eigenvalue weighted by Gasteiger charge is -2.31. The molecular formula is C16H24ClN. The number of hydrogen-bond acceptors (Lipinski definition) is 1. The summed E-state index contributed by atoms with van der Waals surface area (Å²) in [6, 6.07) is 4.41.